The summed E-state index contributed by atoms with van der Waals surface area (Å²) in [5.41, 5.74) is 3.28. The normalized spacial score (nSPS) is 17.8. The van der Waals surface area contributed by atoms with Crippen LogP contribution < -0.4 is 26.8 Å². The Balaban J connectivity index is 0.826. The summed E-state index contributed by atoms with van der Waals surface area (Å²) in [7, 11) is -3.02. The average Bonchev–Trinajstić information content (AvgIpc) is 3.79. The second-order valence-corrected chi connectivity index (χ2v) is 18.9. The number of unbranched alkanes of at least 4 members (excludes halogenated alkanes) is 5. The number of carbonyl (C=O) groups is 5. The van der Waals surface area contributed by atoms with Gasteiger partial charge in [0.25, 0.3) is 23.3 Å². The van der Waals surface area contributed by atoms with Crippen LogP contribution in [0.25, 0.3) is 21.2 Å². The van der Waals surface area contributed by atoms with Crippen molar-refractivity contribution in [1.29, 1.82) is 5.41 Å². The Kier molecular flexibility index (Phi) is 12.9. The molecule has 4 aromatic rings. The first-order chi connectivity index (χ1) is 28.8. The Morgan fingerprint density at radius 2 is 1.53 bits per heavy atom. The van der Waals surface area contributed by atoms with Crippen molar-refractivity contribution in [3.05, 3.63) is 86.6 Å². The standard InChI is InChI=1S/C43H49N7O8S2/c1-2-49-25-33(37-32(41(49)54)24-35(59-37)38(44)47-28-17-21-60(57,58)22-18-28)26-9-11-27(12-10-26)39(52)46-20-8-6-4-3-5-7-19-45-29-13-14-30-31(23-29)43(56)50(42(30)55)34-15-16-36(51)48-40(34)53/h9-14,23-25,28,34,45H,2-8,15-22H2,1H3,(H2,44,47)(H,46,52)(H,48,51,53). The second-order valence-electron chi connectivity index (χ2n) is 15.5. The number of nitrogens with one attached hydrogen (secondary N) is 5. The largest absolute Gasteiger partial charge is 0.385 e. The number of rotatable bonds is 16. The van der Waals surface area contributed by atoms with E-state index in [2.05, 4.69) is 21.3 Å². The third-order valence-electron chi connectivity index (χ3n) is 11.4. The quantitative estimate of drug-likeness (QED) is 0.0448. The van der Waals surface area contributed by atoms with Crippen molar-refractivity contribution in [1.82, 2.24) is 25.4 Å². The monoisotopic (exact) mass is 855 g/mol. The molecule has 1 atom stereocenters. The lowest BCUT2D eigenvalue weighted by Crippen LogP contribution is -2.54. The Morgan fingerprint density at radius 3 is 2.23 bits per heavy atom. The van der Waals surface area contributed by atoms with Crippen LogP contribution in [0.4, 0.5) is 5.69 Å². The molecular formula is C43H49N7O8S2. The van der Waals surface area contributed by atoms with Crippen LogP contribution in [0.1, 0.15) is 107 Å². The van der Waals surface area contributed by atoms with Crippen LogP contribution in [-0.4, -0.2) is 89.9 Å². The number of amides is 5. The minimum Gasteiger partial charge on any atom is -0.385 e. The number of imide groups is 2. The summed E-state index contributed by atoms with van der Waals surface area (Å²) in [6.45, 7) is 3.61. The Labute approximate surface area is 351 Å². The molecule has 17 heteroatoms. The van der Waals surface area contributed by atoms with Gasteiger partial charge in [-0.3, -0.25) is 44.4 Å². The van der Waals surface area contributed by atoms with Gasteiger partial charge in [0.2, 0.25) is 11.8 Å². The molecule has 0 saturated carbocycles. The summed E-state index contributed by atoms with van der Waals surface area (Å²) in [4.78, 5) is 77.7. The van der Waals surface area contributed by atoms with E-state index in [4.69, 9.17) is 5.41 Å². The van der Waals surface area contributed by atoms with Gasteiger partial charge in [0.15, 0.2) is 0 Å². The number of sulfone groups is 1. The molecule has 5 heterocycles. The molecule has 2 aromatic carbocycles. The number of nitrogens with zero attached hydrogens (tertiary/aromatic N) is 2. The van der Waals surface area contributed by atoms with Crippen LogP contribution in [0.15, 0.2) is 59.5 Å². The maximum absolute atomic E-state index is 13.3. The first-order valence-electron chi connectivity index (χ1n) is 20.5. The first-order valence-corrected chi connectivity index (χ1v) is 23.2. The predicted octanol–water partition coefficient (Wildman–Crippen LogP) is 4.83. The van der Waals surface area contributed by atoms with Gasteiger partial charge >= 0.3 is 0 Å². The van der Waals surface area contributed by atoms with E-state index in [1.807, 2.05) is 25.3 Å². The fourth-order valence-corrected chi connectivity index (χ4v) is 10.5. The van der Waals surface area contributed by atoms with E-state index in [1.165, 1.54) is 11.3 Å². The molecule has 2 fully saturated rings. The van der Waals surface area contributed by atoms with E-state index in [-0.39, 0.29) is 58.8 Å². The number of piperidine rings is 1. The van der Waals surface area contributed by atoms with Gasteiger partial charge in [-0.25, -0.2) is 8.42 Å². The number of carbonyl (C=O) groups excluding carboxylic acids is 5. The van der Waals surface area contributed by atoms with Crippen molar-refractivity contribution < 1.29 is 32.4 Å². The lowest BCUT2D eigenvalue weighted by molar-refractivity contribution is -0.136. The summed E-state index contributed by atoms with van der Waals surface area (Å²) in [6, 6.07) is 12.9. The van der Waals surface area contributed by atoms with Crippen molar-refractivity contribution in [2.75, 3.05) is 29.9 Å². The Bertz CT molecular complexity index is 2520. The minimum absolute atomic E-state index is 0.0733. The lowest BCUT2D eigenvalue weighted by atomic mass is 10.0. The van der Waals surface area contributed by atoms with Crippen molar-refractivity contribution in [3.8, 4) is 11.1 Å². The van der Waals surface area contributed by atoms with Crippen LogP contribution in [0, 0.1) is 5.41 Å². The van der Waals surface area contributed by atoms with Gasteiger partial charge in [-0.05, 0) is 81.0 Å². The molecule has 0 bridgehead atoms. The lowest BCUT2D eigenvalue weighted by Gasteiger charge is -2.27. The summed E-state index contributed by atoms with van der Waals surface area (Å²) >= 11 is 1.35. The summed E-state index contributed by atoms with van der Waals surface area (Å²) in [5.74, 6) is -1.89. The van der Waals surface area contributed by atoms with E-state index in [1.54, 1.807) is 41.0 Å². The zero-order valence-corrected chi connectivity index (χ0v) is 35.1. The van der Waals surface area contributed by atoms with E-state index >= 15 is 0 Å². The van der Waals surface area contributed by atoms with Gasteiger partial charge in [-0.15, -0.1) is 11.3 Å². The third kappa shape index (κ3) is 9.36. The van der Waals surface area contributed by atoms with Crippen LogP contribution in [-0.2, 0) is 26.0 Å². The smallest absolute Gasteiger partial charge is 0.262 e. The van der Waals surface area contributed by atoms with Crippen molar-refractivity contribution in [3.63, 3.8) is 0 Å². The minimum atomic E-state index is -3.02. The summed E-state index contributed by atoms with van der Waals surface area (Å²) in [5, 5.41) is 20.9. The Hall–Kier alpha value is -5.68. The van der Waals surface area contributed by atoms with E-state index < -0.39 is 39.5 Å². The number of amidine groups is 1. The van der Waals surface area contributed by atoms with Gasteiger partial charge in [0.1, 0.15) is 21.7 Å². The summed E-state index contributed by atoms with van der Waals surface area (Å²) in [6.07, 6.45) is 8.68. The van der Waals surface area contributed by atoms with Crippen LogP contribution >= 0.6 is 11.3 Å². The van der Waals surface area contributed by atoms with E-state index in [0.29, 0.717) is 54.0 Å². The second kappa shape index (κ2) is 18.3. The molecule has 1 unspecified atom stereocenters. The maximum atomic E-state index is 13.3. The molecule has 0 radical (unpaired) electrons. The van der Waals surface area contributed by atoms with E-state index in [0.717, 1.165) is 59.3 Å². The highest BCUT2D eigenvalue weighted by atomic mass is 32.2. The molecule has 0 aliphatic carbocycles. The van der Waals surface area contributed by atoms with Gasteiger partial charge in [-0.2, -0.15) is 0 Å². The van der Waals surface area contributed by atoms with E-state index in [9.17, 15) is 37.2 Å². The number of anilines is 1. The number of fused-ring (bicyclic) bond motifs is 2. The van der Waals surface area contributed by atoms with Crippen LogP contribution in [0.3, 0.4) is 0 Å². The molecule has 5 amide bonds. The fourth-order valence-electron chi connectivity index (χ4n) is 7.93. The zero-order chi connectivity index (χ0) is 42.6. The highest BCUT2D eigenvalue weighted by Gasteiger charge is 2.44. The third-order valence-corrected chi connectivity index (χ3v) is 14.3. The van der Waals surface area contributed by atoms with Crippen molar-refractivity contribution in [2.45, 2.75) is 89.8 Å². The molecule has 3 aliphatic rings. The number of aromatic nitrogens is 1. The molecular weight excluding hydrogens is 807 g/mol. The van der Waals surface area contributed by atoms with Gasteiger partial charge in [0, 0.05) is 59.8 Å². The molecule has 7 rings (SSSR count). The van der Waals surface area contributed by atoms with Crippen molar-refractivity contribution >= 4 is 72.3 Å². The number of pyridine rings is 1. The van der Waals surface area contributed by atoms with Gasteiger partial charge in [-0.1, -0.05) is 37.8 Å². The fraction of sp³-hybridized carbons (Fsp3) is 0.419. The molecule has 0 spiro atoms. The van der Waals surface area contributed by atoms with Gasteiger partial charge < -0.3 is 20.5 Å². The zero-order valence-electron chi connectivity index (χ0n) is 33.4. The number of benzene rings is 2. The molecule has 60 heavy (non-hydrogen) atoms. The Morgan fingerprint density at radius 1 is 0.850 bits per heavy atom. The van der Waals surface area contributed by atoms with Crippen molar-refractivity contribution in [2.24, 2.45) is 0 Å². The topological polar surface area (TPSA) is 217 Å². The van der Waals surface area contributed by atoms with Crippen LogP contribution in [0.5, 0.6) is 0 Å². The SMILES string of the molecule is CCn1cc(-c2ccc(C(=O)NCCCCCCCCNc3ccc4c(c3)C(=O)N(C3CCC(=O)NC3=O)C4=O)cc2)c2sc(C(=N)NC3CCS(=O)(=O)CC3)cc2c1=O. The number of hydrogen-bond acceptors (Lipinski definition) is 11. The highest BCUT2D eigenvalue weighted by Crippen LogP contribution is 2.34. The molecule has 15 nitrogen and oxygen atoms in total. The van der Waals surface area contributed by atoms with Gasteiger partial charge in [0.05, 0.1) is 32.9 Å². The summed E-state index contributed by atoms with van der Waals surface area (Å²) < 4.78 is 26.1. The highest BCUT2D eigenvalue weighted by molar-refractivity contribution is 7.91. The molecule has 2 aromatic heterocycles. The number of hydrogen-bond donors (Lipinski definition) is 5. The molecule has 316 valence electrons. The molecule has 2 saturated heterocycles. The number of thiophene rings is 1. The molecule has 3 aliphatic heterocycles. The average molecular weight is 856 g/mol. The maximum Gasteiger partial charge on any atom is 0.262 e. The first kappa shape index (κ1) is 42.4. The number of aryl methyl sites for hydroxylation is 1. The predicted molar refractivity (Wildman–Crippen MR) is 230 cm³/mol. The molecule has 5 N–H and O–H groups in total. The van der Waals surface area contributed by atoms with Crippen LogP contribution in [0.2, 0.25) is 0 Å².